The largest absolute Gasteiger partial charge is 0.504 e. The predicted octanol–water partition coefficient (Wildman–Crippen LogP) is 3.00. The first-order valence-electron chi connectivity index (χ1n) is 18.5. The molecule has 2 fully saturated rings. The molecule has 3 N–H and O–H groups in total. The van der Waals surface area contributed by atoms with Gasteiger partial charge in [-0.25, -0.2) is 4.79 Å². The van der Waals surface area contributed by atoms with E-state index >= 15 is 4.21 Å². The molecular formula is C40H42N4O11S. The number of aryl methyl sites for hydroxylation is 1. The van der Waals surface area contributed by atoms with Gasteiger partial charge < -0.3 is 38.6 Å². The van der Waals surface area contributed by atoms with E-state index in [1.807, 2.05) is 24.9 Å². The van der Waals surface area contributed by atoms with E-state index in [9.17, 15) is 25.1 Å². The number of nitriles is 1. The quantitative estimate of drug-likeness (QED) is 0.259. The van der Waals surface area contributed by atoms with Crippen molar-refractivity contribution < 1.29 is 52.4 Å². The number of phenols is 2. The molecule has 0 aromatic heterocycles. The van der Waals surface area contributed by atoms with Crippen LogP contribution < -0.4 is 29.0 Å². The lowest BCUT2D eigenvalue weighted by Crippen LogP contribution is -2.70. The van der Waals surface area contributed by atoms with E-state index in [1.54, 1.807) is 19.1 Å². The second-order valence-corrected chi connectivity index (χ2v) is 16.9. The first-order valence-corrected chi connectivity index (χ1v) is 19.9. The fraction of sp³-hybridized carbons (Fsp3) is 0.475. The Kier molecular flexibility index (Phi) is 8.48. The molecule has 0 unspecified atom stereocenters. The Hall–Kier alpha value is -5.08. The molecule has 0 radical (unpaired) electrons. The number of carbonyl (C=O) groups is 2. The highest BCUT2D eigenvalue weighted by Gasteiger charge is 2.63. The number of ether oxygens (including phenoxy) is 6. The molecular weight excluding hydrogens is 745 g/mol. The lowest BCUT2D eigenvalue weighted by atomic mass is 9.71. The van der Waals surface area contributed by atoms with Crippen LogP contribution in [0.15, 0.2) is 18.2 Å². The molecule has 1 spiro atoms. The zero-order valence-corrected chi connectivity index (χ0v) is 32.6. The molecule has 3 aromatic rings. The zero-order valence-electron chi connectivity index (χ0n) is 31.8. The van der Waals surface area contributed by atoms with Crippen molar-refractivity contribution in [2.45, 2.75) is 74.6 Å². The molecule has 7 aliphatic heterocycles. The van der Waals surface area contributed by atoms with Crippen LogP contribution in [0.25, 0.3) is 0 Å². The van der Waals surface area contributed by atoms with Crippen molar-refractivity contribution in [3.63, 3.8) is 0 Å². The highest BCUT2D eigenvalue weighted by Crippen LogP contribution is 2.63. The van der Waals surface area contributed by atoms with E-state index in [0.29, 0.717) is 70.0 Å². The topological polar surface area (TPSA) is 189 Å². The van der Waals surface area contributed by atoms with Gasteiger partial charge in [-0.1, -0.05) is 6.07 Å². The minimum Gasteiger partial charge on any atom is -0.504 e. The summed E-state index contributed by atoms with van der Waals surface area (Å²) in [6.45, 7) is 4.79. The Bertz CT molecular complexity index is 2310. The van der Waals surface area contributed by atoms with Crippen LogP contribution in [0.5, 0.6) is 40.2 Å². The molecule has 15 nitrogen and oxygen atoms in total. The van der Waals surface area contributed by atoms with Crippen LogP contribution in [0.3, 0.4) is 0 Å². The maximum Gasteiger partial charge on any atom is 0.332 e. The second kappa shape index (κ2) is 13.0. The fourth-order valence-electron chi connectivity index (χ4n) is 10.4. The van der Waals surface area contributed by atoms with Crippen LogP contribution in [0.2, 0.25) is 0 Å². The van der Waals surface area contributed by atoms with Gasteiger partial charge >= 0.3 is 11.9 Å². The predicted molar refractivity (Wildman–Crippen MR) is 199 cm³/mol. The number of fused-ring (bicyclic) bond motifs is 9. The maximum absolute atomic E-state index is 16.0. The van der Waals surface area contributed by atoms with Crippen molar-refractivity contribution in [1.82, 2.24) is 15.1 Å². The van der Waals surface area contributed by atoms with Crippen LogP contribution in [-0.2, 0) is 43.5 Å². The first-order chi connectivity index (χ1) is 26.9. The number of aromatic hydroxyl groups is 2. The molecule has 7 heterocycles. The van der Waals surface area contributed by atoms with E-state index in [-0.39, 0.29) is 48.2 Å². The van der Waals surface area contributed by atoms with Crippen molar-refractivity contribution in [1.29, 1.82) is 5.26 Å². The van der Waals surface area contributed by atoms with Crippen LogP contribution in [0, 0.1) is 25.2 Å². The Labute approximate surface area is 325 Å². The van der Waals surface area contributed by atoms with Crippen LogP contribution >= 0.6 is 0 Å². The highest BCUT2D eigenvalue weighted by atomic mass is 32.2. The van der Waals surface area contributed by atoms with Gasteiger partial charge in [-0.3, -0.25) is 24.1 Å². The third-order valence-corrected chi connectivity index (χ3v) is 14.4. The van der Waals surface area contributed by atoms with Crippen LogP contribution in [0.1, 0.15) is 68.8 Å². The summed E-state index contributed by atoms with van der Waals surface area (Å²) >= 11 is 0. The maximum atomic E-state index is 16.0. The first kappa shape index (κ1) is 36.6. The van der Waals surface area contributed by atoms with E-state index in [1.165, 1.54) is 21.1 Å². The van der Waals surface area contributed by atoms with Crippen molar-refractivity contribution in [3.8, 4) is 46.3 Å². The normalized spacial score (nSPS) is 29.9. The van der Waals surface area contributed by atoms with E-state index in [4.69, 9.17) is 28.4 Å². The molecule has 16 heteroatoms. The van der Waals surface area contributed by atoms with Crippen molar-refractivity contribution in [2.24, 2.45) is 0 Å². The van der Waals surface area contributed by atoms with Gasteiger partial charge in [0.2, 0.25) is 6.79 Å². The molecule has 56 heavy (non-hydrogen) atoms. The molecule has 0 saturated carbocycles. The molecule has 2 saturated heterocycles. The summed E-state index contributed by atoms with van der Waals surface area (Å²) in [6.07, 6.45) is 0.882. The van der Waals surface area contributed by atoms with Crippen molar-refractivity contribution in [2.75, 3.05) is 47.0 Å². The summed E-state index contributed by atoms with van der Waals surface area (Å²) in [6, 6.07) is 4.10. The number of rotatable bonds is 3. The van der Waals surface area contributed by atoms with Gasteiger partial charge in [-0.05, 0) is 68.1 Å². The van der Waals surface area contributed by atoms with Gasteiger partial charge in [0.05, 0.1) is 49.4 Å². The number of phenolic OH excluding ortho intramolecular Hbond substituents is 2. The number of nitrogens with one attached hydrogen (secondary N) is 1. The van der Waals surface area contributed by atoms with Gasteiger partial charge in [-0.2, -0.15) is 5.26 Å². The SMILES string of the molecule is COc1cc2c(cc1O)CCN[C@]21C[S@](=O)[C@H]2c3c(OC(C)=O)c(C)c4c(c3[C@@H](COC1=O)N1[C@H]2[C@H]2c3c(cc(C)c(OC)c3O)C[C@@H]([C@@H]1C#N)N2C)OCO4. The average molecular weight is 787 g/mol. The smallest absolute Gasteiger partial charge is 0.332 e. The number of carbonyl (C=O) groups excluding carboxylic acids is 2. The number of hydrogen-bond donors (Lipinski definition) is 3. The lowest BCUT2D eigenvalue weighted by molar-refractivity contribution is -0.157. The van der Waals surface area contributed by atoms with Crippen LogP contribution in [0.4, 0.5) is 0 Å². The Balaban J connectivity index is 1.36. The lowest BCUT2D eigenvalue weighted by Gasteiger charge is -2.61. The standard InChI is InChI=1S/C40H42N4O11S/c1-17-9-21-10-23-24(13-41)44-25-14-52-39(48)40(22-12-27(50-5)26(46)11-20(22)7-8-42-40)15-56(49)38(32(44)31(43(23)4)28(21)33(47)34(17)51-6)30-29(25)37-36(53-16-54-37)18(2)35(30)55-19(3)45/h9,11-12,23-25,31-32,38,42,46-47H,7-8,10,14-16H2,1-6H3/t23-,24-,25+,31+,32-,38-,40+,56-/m0/s1. The summed E-state index contributed by atoms with van der Waals surface area (Å²) in [5.74, 6) is -0.469. The number of esters is 2. The Morgan fingerprint density at radius 3 is 2.54 bits per heavy atom. The van der Waals surface area contributed by atoms with Gasteiger partial charge in [0.1, 0.15) is 18.4 Å². The number of benzene rings is 3. The van der Waals surface area contributed by atoms with Gasteiger partial charge in [-0.15, -0.1) is 0 Å². The molecule has 0 aliphatic carbocycles. The minimum absolute atomic E-state index is 0.0492. The van der Waals surface area contributed by atoms with E-state index in [2.05, 4.69) is 16.3 Å². The van der Waals surface area contributed by atoms with Crippen LogP contribution in [-0.4, -0.2) is 101 Å². The molecule has 4 bridgehead atoms. The Morgan fingerprint density at radius 2 is 1.82 bits per heavy atom. The third kappa shape index (κ3) is 4.87. The summed E-state index contributed by atoms with van der Waals surface area (Å²) in [7, 11) is 2.75. The summed E-state index contributed by atoms with van der Waals surface area (Å²) in [5, 5.41) is 36.2. The highest BCUT2D eigenvalue weighted by molar-refractivity contribution is 7.85. The molecule has 8 atom stereocenters. The minimum atomic E-state index is -2.06. The number of piperazine rings is 1. The molecule has 3 aromatic carbocycles. The van der Waals surface area contributed by atoms with Gasteiger partial charge in [0, 0.05) is 52.6 Å². The Morgan fingerprint density at radius 1 is 1.05 bits per heavy atom. The molecule has 294 valence electrons. The molecule has 7 aliphatic rings. The third-order valence-electron chi connectivity index (χ3n) is 12.6. The average Bonchev–Trinajstić information content (AvgIpc) is 3.65. The monoisotopic (exact) mass is 786 g/mol. The van der Waals surface area contributed by atoms with Crippen molar-refractivity contribution in [3.05, 3.63) is 62.7 Å². The summed E-state index contributed by atoms with van der Waals surface area (Å²) in [5.41, 5.74) is 2.99. The van der Waals surface area contributed by atoms with Gasteiger partial charge in [0.15, 0.2) is 40.0 Å². The number of likely N-dealkylation sites (N-methyl/N-ethyl adjacent to an activating group) is 1. The number of methoxy groups -OCH3 is 2. The number of nitrogens with zero attached hydrogens (tertiary/aromatic N) is 3. The van der Waals surface area contributed by atoms with Gasteiger partial charge in [0.25, 0.3) is 0 Å². The number of hydrogen-bond acceptors (Lipinski definition) is 15. The summed E-state index contributed by atoms with van der Waals surface area (Å²) < 4.78 is 51.8. The zero-order chi connectivity index (χ0) is 39.5. The van der Waals surface area contributed by atoms with E-state index < -0.39 is 57.7 Å². The fourth-order valence-corrected chi connectivity index (χ4v) is 12.5. The molecule has 0 amide bonds. The molecule has 10 rings (SSSR count). The van der Waals surface area contributed by atoms with E-state index in [0.717, 1.165) is 11.1 Å². The second-order valence-electron chi connectivity index (χ2n) is 15.3. The summed E-state index contributed by atoms with van der Waals surface area (Å²) in [4.78, 5) is 31.8. The van der Waals surface area contributed by atoms with Crippen molar-refractivity contribution >= 4 is 22.7 Å².